The molecule has 2 amide bonds. The van der Waals surface area contributed by atoms with Crippen molar-refractivity contribution in [3.05, 3.63) is 59.0 Å². The van der Waals surface area contributed by atoms with Crippen molar-refractivity contribution in [3.8, 4) is 0 Å². The van der Waals surface area contributed by atoms with Crippen LogP contribution in [0.2, 0.25) is 0 Å². The van der Waals surface area contributed by atoms with Crippen LogP contribution in [-0.4, -0.2) is 18.5 Å². The van der Waals surface area contributed by atoms with E-state index in [-0.39, 0.29) is 24.0 Å². The molecule has 0 spiro atoms. The van der Waals surface area contributed by atoms with Crippen LogP contribution < -0.4 is 10.6 Å². The number of furan rings is 1. The molecule has 1 unspecified atom stereocenters. The smallest absolute Gasteiger partial charge is 0.407 e. The third-order valence-corrected chi connectivity index (χ3v) is 5.13. The lowest BCUT2D eigenvalue weighted by Gasteiger charge is -2.34. The molecule has 1 aliphatic rings. The van der Waals surface area contributed by atoms with Gasteiger partial charge < -0.3 is 19.8 Å². The maximum atomic E-state index is 12.4. The van der Waals surface area contributed by atoms with Crippen LogP contribution >= 0.6 is 0 Å². The minimum absolute atomic E-state index is 0.0167. The molecule has 1 aliphatic carbocycles. The molecular weight excluding hydrogens is 368 g/mol. The molecule has 3 rings (SSSR count). The first kappa shape index (κ1) is 21.0. The Bertz CT molecular complexity index is 842. The number of hydrogen-bond acceptors (Lipinski definition) is 4. The molecule has 1 aromatic carbocycles. The number of benzene rings is 1. The molecule has 6 nitrogen and oxygen atoms in total. The van der Waals surface area contributed by atoms with Crippen LogP contribution in [0.3, 0.4) is 0 Å². The predicted octanol–water partition coefficient (Wildman–Crippen LogP) is 4.42. The van der Waals surface area contributed by atoms with Crippen molar-refractivity contribution < 1.29 is 18.7 Å². The number of nitrogens with one attached hydrogen (secondary N) is 2. The van der Waals surface area contributed by atoms with E-state index in [1.54, 1.807) is 0 Å². The van der Waals surface area contributed by atoms with Crippen LogP contribution in [0.4, 0.5) is 4.79 Å². The number of ether oxygens (including phenoxy) is 1. The van der Waals surface area contributed by atoms with Gasteiger partial charge in [0.2, 0.25) is 5.91 Å². The van der Waals surface area contributed by atoms with Crippen molar-refractivity contribution in [1.82, 2.24) is 10.6 Å². The first-order valence-electron chi connectivity index (χ1n) is 10.2. The molecule has 0 saturated carbocycles. The molecule has 0 saturated heterocycles. The molecule has 2 N–H and O–H groups in total. The number of alkyl carbamates (subject to hydrolysis) is 1. The van der Waals surface area contributed by atoms with E-state index in [1.807, 2.05) is 43.3 Å². The summed E-state index contributed by atoms with van der Waals surface area (Å²) in [6.07, 6.45) is 2.20. The number of amides is 2. The predicted molar refractivity (Wildman–Crippen MR) is 110 cm³/mol. The second-order valence-corrected chi connectivity index (χ2v) is 8.49. The number of fused-ring (bicyclic) bond motifs is 1. The summed E-state index contributed by atoms with van der Waals surface area (Å²) >= 11 is 0. The quantitative estimate of drug-likeness (QED) is 0.677. The van der Waals surface area contributed by atoms with Gasteiger partial charge in [0.15, 0.2) is 0 Å². The Balaban J connectivity index is 1.38. The lowest BCUT2D eigenvalue weighted by Crippen LogP contribution is -2.36. The van der Waals surface area contributed by atoms with E-state index in [4.69, 9.17) is 9.15 Å². The van der Waals surface area contributed by atoms with Gasteiger partial charge in [-0.2, -0.15) is 0 Å². The Labute approximate surface area is 172 Å². The van der Waals surface area contributed by atoms with Crippen molar-refractivity contribution >= 4 is 12.0 Å². The number of hydrogen-bond donors (Lipinski definition) is 2. The van der Waals surface area contributed by atoms with Crippen LogP contribution in [0.25, 0.3) is 0 Å². The summed E-state index contributed by atoms with van der Waals surface area (Å²) in [6, 6.07) is 11.5. The van der Waals surface area contributed by atoms with Gasteiger partial charge in [0.05, 0.1) is 6.04 Å². The zero-order chi connectivity index (χ0) is 20.9. The fraction of sp³-hybridized carbons (Fsp3) is 0.478. The van der Waals surface area contributed by atoms with E-state index in [9.17, 15) is 9.59 Å². The van der Waals surface area contributed by atoms with E-state index in [2.05, 4.69) is 24.5 Å². The van der Waals surface area contributed by atoms with Crippen LogP contribution in [0.15, 0.2) is 40.8 Å². The molecule has 29 heavy (non-hydrogen) atoms. The lowest BCUT2D eigenvalue weighted by atomic mass is 9.74. The average molecular weight is 399 g/mol. The van der Waals surface area contributed by atoms with Crippen LogP contribution in [0, 0.1) is 12.3 Å². The fourth-order valence-corrected chi connectivity index (χ4v) is 3.79. The molecular formula is C23H30N2O4. The topological polar surface area (TPSA) is 80.6 Å². The second-order valence-electron chi connectivity index (χ2n) is 8.49. The summed E-state index contributed by atoms with van der Waals surface area (Å²) in [6.45, 7) is 6.95. The summed E-state index contributed by atoms with van der Waals surface area (Å²) in [4.78, 5) is 24.2. The number of carbonyl (C=O) groups is 2. The summed E-state index contributed by atoms with van der Waals surface area (Å²) in [5.41, 5.74) is 2.11. The Kier molecular flexibility index (Phi) is 6.62. The second kappa shape index (κ2) is 9.16. The molecule has 1 aromatic heterocycles. The minimum Gasteiger partial charge on any atom is -0.466 e. The molecule has 0 bridgehead atoms. The third-order valence-electron chi connectivity index (χ3n) is 5.13. The average Bonchev–Trinajstić information content (AvgIpc) is 3.03. The highest BCUT2D eigenvalue weighted by molar-refractivity contribution is 5.76. The van der Waals surface area contributed by atoms with Crippen molar-refractivity contribution in [1.29, 1.82) is 0 Å². The van der Waals surface area contributed by atoms with E-state index >= 15 is 0 Å². The number of aryl methyl sites for hydroxylation is 1. The SMILES string of the molecule is Cc1cc2c(o1)CC(C)(C)CC2NC(=O)CCCNC(=O)OCc1ccccc1. The van der Waals surface area contributed by atoms with E-state index in [1.165, 1.54) is 0 Å². The van der Waals surface area contributed by atoms with Crippen molar-refractivity contribution in [2.24, 2.45) is 5.41 Å². The largest absolute Gasteiger partial charge is 0.466 e. The van der Waals surface area contributed by atoms with Crippen molar-refractivity contribution in [2.75, 3.05) is 6.54 Å². The summed E-state index contributed by atoms with van der Waals surface area (Å²) in [5, 5.41) is 5.82. The molecule has 0 fully saturated rings. The lowest BCUT2D eigenvalue weighted by molar-refractivity contribution is -0.122. The van der Waals surface area contributed by atoms with Gasteiger partial charge in [0.1, 0.15) is 18.1 Å². The Morgan fingerprint density at radius 2 is 2.00 bits per heavy atom. The zero-order valence-corrected chi connectivity index (χ0v) is 17.4. The highest BCUT2D eigenvalue weighted by Gasteiger charge is 2.35. The van der Waals surface area contributed by atoms with Gasteiger partial charge in [-0.1, -0.05) is 44.2 Å². The molecule has 1 heterocycles. The van der Waals surface area contributed by atoms with Crippen LogP contribution in [-0.2, 0) is 22.6 Å². The van der Waals surface area contributed by atoms with Gasteiger partial charge in [0, 0.05) is 24.9 Å². The fourth-order valence-electron chi connectivity index (χ4n) is 3.79. The van der Waals surface area contributed by atoms with E-state index in [0.717, 1.165) is 35.5 Å². The van der Waals surface area contributed by atoms with Gasteiger partial charge in [-0.25, -0.2) is 4.79 Å². The molecule has 0 aliphatic heterocycles. The molecule has 156 valence electrons. The normalized spacial score (nSPS) is 17.3. The molecule has 6 heteroatoms. The maximum Gasteiger partial charge on any atom is 0.407 e. The molecule has 1 atom stereocenters. The molecule has 2 aromatic rings. The van der Waals surface area contributed by atoms with Crippen LogP contribution in [0.5, 0.6) is 0 Å². The Hall–Kier alpha value is -2.76. The Morgan fingerprint density at radius 1 is 1.24 bits per heavy atom. The van der Waals surface area contributed by atoms with Gasteiger partial charge in [-0.15, -0.1) is 0 Å². The van der Waals surface area contributed by atoms with Crippen molar-refractivity contribution in [3.63, 3.8) is 0 Å². The Morgan fingerprint density at radius 3 is 2.76 bits per heavy atom. The summed E-state index contributed by atoms with van der Waals surface area (Å²) < 4.78 is 11.0. The minimum atomic E-state index is -0.471. The molecule has 0 radical (unpaired) electrons. The van der Waals surface area contributed by atoms with Gasteiger partial charge in [-0.3, -0.25) is 4.79 Å². The first-order chi connectivity index (χ1) is 13.8. The number of rotatable bonds is 7. The van der Waals surface area contributed by atoms with E-state index in [0.29, 0.717) is 19.4 Å². The zero-order valence-electron chi connectivity index (χ0n) is 17.4. The standard InChI is InChI=1S/C23H30N2O4/c1-16-12-18-19(13-23(2,3)14-20(18)29-16)25-21(26)10-7-11-24-22(27)28-15-17-8-5-4-6-9-17/h4-6,8-9,12,19H,7,10-11,13-15H2,1-3H3,(H,24,27)(H,25,26). The summed E-state index contributed by atoms with van der Waals surface area (Å²) in [7, 11) is 0. The third kappa shape index (κ3) is 6.11. The van der Waals surface area contributed by atoms with Gasteiger partial charge in [-0.05, 0) is 36.8 Å². The number of carbonyl (C=O) groups excluding carboxylic acids is 2. The van der Waals surface area contributed by atoms with E-state index < -0.39 is 6.09 Å². The van der Waals surface area contributed by atoms with Crippen molar-refractivity contribution in [2.45, 2.75) is 59.1 Å². The highest BCUT2D eigenvalue weighted by Crippen LogP contribution is 2.42. The highest BCUT2D eigenvalue weighted by atomic mass is 16.5. The van der Waals surface area contributed by atoms with Gasteiger partial charge in [0.25, 0.3) is 0 Å². The van der Waals surface area contributed by atoms with Crippen LogP contribution in [0.1, 0.15) is 61.8 Å². The summed E-state index contributed by atoms with van der Waals surface area (Å²) in [5.74, 6) is 1.84. The monoisotopic (exact) mass is 398 g/mol. The van der Waals surface area contributed by atoms with Gasteiger partial charge >= 0.3 is 6.09 Å². The maximum absolute atomic E-state index is 12.4. The first-order valence-corrected chi connectivity index (χ1v) is 10.2.